The van der Waals surface area contributed by atoms with E-state index in [1.54, 1.807) is 0 Å². The van der Waals surface area contributed by atoms with Gasteiger partial charge >= 0.3 is 0 Å². The number of thiophene rings is 1. The van der Waals surface area contributed by atoms with Crippen LogP contribution in [0.1, 0.15) is 24.1 Å². The average molecular weight is 252 g/mol. The molecule has 1 N–H and O–H groups in total. The van der Waals surface area contributed by atoms with Crippen LogP contribution in [0.25, 0.3) is 0 Å². The summed E-state index contributed by atoms with van der Waals surface area (Å²) in [5, 5.41) is 5.61. The highest BCUT2D eigenvalue weighted by atomic mass is 32.1. The van der Waals surface area contributed by atoms with Crippen molar-refractivity contribution in [1.29, 1.82) is 0 Å². The molecule has 1 aromatic heterocycles. The van der Waals surface area contributed by atoms with Crippen LogP contribution in [0.15, 0.2) is 17.5 Å². The van der Waals surface area contributed by atoms with Gasteiger partial charge in [-0.2, -0.15) is 0 Å². The minimum absolute atomic E-state index is 0.945. The number of nitrogens with zero attached hydrogens (tertiary/aromatic N) is 1. The molecule has 0 amide bonds. The molecule has 0 saturated carbocycles. The third-order valence-electron chi connectivity index (χ3n) is 3.63. The number of nitrogens with one attached hydrogen (secondary N) is 1. The molecule has 2 heterocycles. The van der Waals surface area contributed by atoms with Gasteiger partial charge in [-0.05, 0) is 69.7 Å². The lowest BCUT2D eigenvalue weighted by Gasteiger charge is -2.17. The van der Waals surface area contributed by atoms with Gasteiger partial charge in [0.15, 0.2) is 0 Å². The van der Waals surface area contributed by atoms with E-state index in [2.05, 4.69) is 34.8 Å². The Morgan fingerprint density at radius 2 is 2.41 bits per heavy atom. The highest BCUT2D eigenvalue weighted by Crippen LogP contribution is 2.14. The van der Waals surface area contributed by atoms with E-state index in [9.17, 15) is 0 Å². The first-order chi connectivity index (χ1) is 8.34. The summed E-state index contributed by atoms with van der Waals surface area (Å²) in [5.74, 6) is 0.945. The Kier molecular flexibility index (Phi) is 5.49. The molecule has 96 valence electrons. The maximum atomic E-state index is 3.44. The van der Waals surface area contributed by atoms with Gasteiger partial charge in [0.2, 0.25) is 0 Å². The van der Waals surface area contributed by atoms with Crippen LogP contribution >= 0.6 is 11.3 Å². The van der Waals surface area contributed by atoms with Crippen LogP contribution in [-0.4, -0.2) is 38.1 Å². The van der Waals surface area contributed by atoms with Crippen molar-refractivity contribution >= 4 is 11.3 Å². The molecular weight excluding hydrogens is 228 g/mol. The van der Waals surface area contributed by atoms with E-state index in [0.29, 0.717) is 0 Å². The summed E-state index contributed by atoms with van der Waals surface area (Å²) in [5.41, 5.74) is 0. The molecule has 2 nitrogen and oxygen atoms in total. The number of rotatable bonds is 7. The molecule has 0 bridgehead atoms. The number of hydrogen-bond acceptors (Lipinski definition) is 3. The molecule has 3 heteroatoms. The molecule has 0 aromatic carbocycles. The van der Waals surface area contributed by atoms with Gasteiger partial charge in [0.25, 0.3) is 0 Å². The molecule has 2 rings (SSSR count). The highest BCUT2D eigenvalue weighted by molar-refractivity contribution is 7.09. The topological polar surface area (TPSA) is 15.3 Å². The minimum atomic E-state index is 0.945. The van der Waals surface area contributed by atoms with E-state index in [1.807, 2.05) is 11.3 Å². The van der Waals surface area contributed by atoms with Gasteiger partial charge in [-0.25, -0.2) is 0 Å². The van der Waals surface area contributed by atoms with E-state index in [0.717, 1.165) is 5.92 Å². The molecule has 1 aliphatic rings. The Balaban J connectivity index is 1.52. The maximum Gasteiger partial charge on any atom is 0.00579 e. The average Bonchev–Trinajstić information content (AvgIpc) is 2.99. The molecule has 1 unspecified atom stereocenters. The predicted octanol–water partition coefficient (Wildman–Crippen LogP) is 2.61. The largest absolute Gasteiger partial charge is 0.316 e. The van der Waals surface area contributed by atoms with Crippen LogP contribution in [0.3, 0.4) is 0 Å². The van der Waals surface area contributed by atoms with Crippen molar-refractivity contribution < 1.29 is 0 Å². The highest BCUT2D eigenvalue weighted by Gasteiger charge is 2.13. The molecule has 1 fully saturated rings. The van der Waals surface area contributed by atoms with E-state index >= 15 is 0 Å². The molecule has 0 spiro atoms. The molecule has 1 saturated heterocycles. The standard InChI is InChI=1S/C14H24N2S/c1-16(10-7-14-5-3-11-17-14)9-2-4-13-6-8-15-12-13/h3,5,11,13,15H,2,4,6-10,12H2,1H3. The van der Waals surface area contributed by atoms with Crippen molar-refractivity contribution in [3.63, 3.8) is 0 Å². The fourth-order valence-corrected chi connectivity index (χ4v) is 3.18. The Bertz CT molecular complexity index is 291. The van der Waals surface area contributed by atoms with Crippen LogP contribution < -0.4 is 5.32 Å². The Morgan fingerprint density at radius 3 is 3.12 bits per heavy atom. The SMILES string of the molecule is CN(CCCC1CCNC1)CCc1cccs1. The second kappa shape index (κ2) is 7.14. The smallest absolute Gasteiger partial charge is 0.00579 e. The van der Waals surface area contributed by atoms with Gasteiger partial charge in [0.1, 0.15) is 0 Å². The molecular formula is C14H24N2S. The van der Waals surface area contributed by atoms with Crippen LogP contribution in [0.5, 0.6) is 0 Å². The van der Waals surface area contributed by atoms with E-state index in [1.165, 1.54) is 56.7 Å². The third kappa shape index (κ3) is 4.78. The minimum Gasteiger partial charge on any atom is -0.316 e. The Hall–Kier alpha value is -0.380. The summed E-state index contributed by atoms with van der Waals surface area (Å²) < 4.78 is 0. The normalized spacial score (nSPS) is 20.2. The van der Waals surface area contributed by atoms with Gasteiger partial charge < -0.3 is 10.2 Å². The lowest BCUT2D eigenvalue weighted by molar-refractivity contribution is 0.319. The summed E-state index contributed by atoms with van der Waals surface area (Å²) in [6.45, 7) is 4.93. The molecule has 1 aromatic rings. The van der Waals surface area contributed by atoms with Gasteiger partial charge in [-0.15, -0.1) is 11.3 Å². The molecule has 1 aliphatic heterocycles. The van der Waals surface area contributed by atoms with Gasteiger partial charge in [0.05, 0.1) is 0 Å². The van der Waals surface area contributed by atoms with Crippen LogP contribution in [-0.2, 0) is 6.42 Å². The van der Waals surface area contributed by atoms with Crippen molar-refractivity contribution in [1.82, 2.24) is 10.2 Å². The van der Waals surface area contributed by atoms with Gasteiger partial charge in [0, 0.05) is 11.4 Å². The first-order valence-electron chi connectivity index (χ1n) is 6.76. The summed E-state index contributed by atoms with van der Waals surface area (Å²) in [4.78, 5) is 3.99. The fourth-order valence-electron chi connectivity index (χ4n) is 2.48. The third-order valence-corrected chi connectivity index (χ3v) is 4.57. The van der Waals surface area contributed by atoms with Crippen molar-refractivity contribution in [3.8, 4) is 0 Å². The summed E-state index contributed by atoms with van der Waals surface area (Å²) in [7, 11) is 2.25. The Labute approximate surface area is 109 Å². The van der Waals surface area contributed by atoms with Crippen LogP contribution in [0, 0.1) is 5.92 Å². The lowest BCUT2D eigenvalue weighted by atomic mass is 10.0. The quantitative estimate of drug-likeness (QED) is 0.802. The zero-order chi connectivity index (χ0) is 11.9. The van der Waals surface area contributed by atoms with E-state index < -0.39 is 0 Å². The zero-order valence-electron chi connectivity index (χ0n) is 10.8. The Morgan fingerprint density at radius 1 is 1.47 bits per heavy atom. The molecule has 1 atom stereocenters. The van der Waals surface area contributed by atoms with Gasteiger partial charge in [-0.3, -0.25) is 0 Å². The molecule has 0 aliphatic carbocycles. The summed E-state index contributed by atoms with van der Waals surface area (Å²) in [6, 6.07) is 4.38. The van der Waals surface area contributed by atoms with Crippen LogP contribution in [0.4, 0.5) is 0 Å². The second-order valence-electron chi connectivity index (χ2n) is 5.13. The summed E-state index contributed by atoms with van der Waals surface area (Å²) >= 11 is 1.87. The number of hydrogen-bond donors (Lipinski definition) is 1. The second-order valence-corrected chi connectivity index (χ2v) is 6.17. The van der Waals surface area contributed by atoms with Crippen molar-refractivity contribution in [2.45, 2.75) is 25.7 Å². The van der Waals surface area contributed by atoms with E-state index in [-0.39, 0.29) is 0 Å². The first kappa shape index (κ1) is 13.1. The molecule has 0 radical (unpaired) electrons. The maximum absolute atomic E-state index is 3.44. The summed E-state index contributed by atoms with van der Waals surface area (Å²) in [6.07, 6.45) is 5.35. The van der Waals surface area contributed by atoms with Crippen molar-refractivity contribution in [3.05, 3.63) is 22.4 Å². The van der Waals surface area contributed by atoms with Crippen LogP contribution in [0.2, 0.25) is 0 Å². The lowest BCUT2D eigenvalue weighted by Crippen LogP contribution is -2.23. The molecule has 17 heavy (non-hydrogen) atoms. The van der Waals surface area contributed by atoms with E-state index in [4.69, 9.17) is 0 Å². The fraction of sp³-hybridized carbons (Fsp3) is 0.714. The van der Waals surface area contributed by atoms with Crippen molar-refractivity contribution in [2.24, 2.45) is 5.92 Å². The van der Waals surface area contributed by atoms with Crippen molar-refractivity contribution in [2.75, 3.05) is 33.2 Å². The zero-order valence-corrected chi connectivity index (χ0v) is 11.6. The monoisotopic (exact) mass is 252 g/mol. The first-order valence-corrected chi connectivity index (χ1v) is 7.64. The predicted molar refractivity (Wildman–Crippen MR) is 75.7 cm³/mol. The van der Waals surface area contributed by atoms with Gasteiger partial charge in [-0.1, -0.05) is 6.07 Å². The number of likely N-dealkylation sites (N-methyl/N-ethyl adjacent to an activating group) is 1.